The third-order valence-electron chi connectivity index (χ3n) is 2.16. The summed E-state index contributed by atoms with van der Waals surface area (Å²) >= 11 is 5.73. The van der Waals surface area contributed by atoms with Gasteiger partial charge in [0.25, 0.3) is 5.91 Å². The highest BCUT2D eigenvalue weighted by Crippen LogP contribution is 2.19. The summed E-state index contributed by atoms with van der Waals surface area (Å²) in [7, 11) is 1.26. The number of halogens is 1. The van der Waals surface area contributed by atoms with Crippen molar-refractivity contribution in [3.8, 4) is 0 Å². The number of hydrogen-bond donors (Lipinski definition) is 2. The standard InChI is InChI=1S/C11H13ClN2O3/c1-6(11(16)17-2)14-10(15)7-3-4-8(12)9(13)5-7/h3-6H,13H2,1-2H3,(H,14,15). The van der Waals surface area contributed by atoms with E-state index in [2.05, 4.69) is 10.1 Å². The Hall–Kier alpha value is -1.75. The van der Waals surface area contributed by atoms with Gasteiger partial charge >= 0.3 is 5.97 Å². The van der Waals surface area contributed by atoms with Crippen LogP contribution in [0, 0.1) is 0 Å². The highest BCUT2D eigenvalue weighted by Gasteiger charge is 2.17. The SMILES string of the molecule is COC(=O)C(C)NC(=O)c1ccc(Cl)c(N)c1. The van der Waals surface area contributed by atoms with Gasteiger partial charge in [0, 0.05) is 5.56 Å². The summed E-state index contributed by atoms with van der Waals surface area (Å²) in [6.45, 7) is 1.53. The molecule has 1 aromatic rings. The molecule has 1 rings (SSSR count). The van der Waals surface area contributed by atoms with Crippen LogP contribution in [0.3, 0.4) is 0 Å². The molecule has 0 saturated heterocycles. The number of hydrogen-bond acceptors (Lipinski definition) is 4. The van der Waals surface area contributed by atoms with E-state index in [4.69, 9.17) is 17.3 Å². The number of nitrogens with one attached hydrogen (secondary N) is 1. The molecule has 0 aliphatic carbocycles. The number of methoxy groups -OCH3 is 1. The Labute approximate surface area is 104 Å². The molecule has 92 valence electrons. The van der Waals surface area contributed by atoms with Crippen LogP contribution in [0.1, 0.15) is 17.3 Å². The molecular weight excluding hydrogens is 244 g/mol. The average molecular weight is 257 g/mol. The molecule has 0 bridgehead atoms. The lowest BCUT2D eigenvalue weighted by molar-refractivity contribution is -0.142. The molecule has 0 aromatic heterocycles. The van der Waals surface area contributed by atoms with Crippen LogP contribution in [-0.4, -0.2) is 25.0 Å². The third kappa shape index (κ3) is 3.35. The lowest BCUT2D eigenvalue weighted by Gasteiger charge is -2.11. The number of esters is 1. The fraction of sp³-hybridized carbons (Fsp3) is 0.273. The van der Waals surface area contributed by atoms with Crippen LogP contribution >= 0.6 is 11.6 Å². The molecule has 1 atom stereocenters. The molecule has 0 saturated carbocycles. The van der Waals surface area contributed by atoms with E-state index in [1.54, 1.807) is 0 Å². The van der Waals surface area contributed by atoms with Crippen molar-refractivity contribution < 1.29 is 14.3 Å². The highest BCUT2D eigenvalue weighted by molar-refractivity contribution is 6.33. The highest BCUT2D eigenvalue weighted by atomic mass is 35.5. The minimum Gasteiger partial charge on any atom is -0.467 e. The van der Waals surface area contributed by atoms with Gasteiger partial charge in [-0.25, -0.2) is 4.79 Å². The molecule has 0 aliphatic rings. The summed E-state index contributed by atoms with van der Waals surface area (Å²) in [4.78, 5) is 22.8. The minimum atomic E-state index is -0.718. The van der Waals surface area contributed by atoms with E-state index in [9.17, 15) is 9.59 Å². The van der Waals surface area contributed by atoms with Crippen molar-refractivity contribution >= 4 is 29.2 Å². The van der Waals surface area contributed by atoms with E-state index in [0.29, 0.717) is 16.3 Å². The molecule has 0 fully saturated rings. The van der Waals surface area contributed by atoms with Gasteiger partial charge in [-0.05, 0) is 25.1 Å². The molecule has 6 heteroatoms. The third-order valence-corrected chi connectivity index (χ3v) is 2.50. The average Bonchev–Trinajstić information content (AvgIpc) is 2.31. The van der Waals surface area contributed by atoms with Crippen molar-refractivity contribution in [2.75, 3.05) is 12.8 Å². The van der Waals surface area contributed by atoms with Gasteiger partial charge < -0.3 is 15.8 Å². The van der Waals surface area contributed by atoms with Gasteiger partial charge in [-0.15, -0.1) is 0 Å². The van der Waals surface area contributed by atoms with Crippen LogP contribution < -0.4 is 11.1 Å². The van der Waals surface area contributed by atoms with Gasteiger partial charge in [-0.3, -0.25) is 4.79 Å². The molecule has 17 heavy (non-hydrogen) atoms. The number of carbonyl (C=O) groups excluding carboxylic acids is 2. The van der Waals surface area contributed by atoms with Gasteiger partial charge in [-0.2, -0.15) is 0 Å². The molecule has 1 aromatic carbocycles. The van der Waals surface area contributed by atoms with Gasteiger partial charge in [0.1, 0.15) is 6.04 Å². The summed E-state index contributed by atoms with van der Waals surface area (Å²) in [6, 6.07) is 3.78. The van der Waals surface area contributed by atoms with E-state index in [-0.39, 0.29) is 0 Å². The Bertz CT molecular complexity index is 448. The summed E-state index contributed by atoms with van der Waals surface area (Å²) < 4.78 is 4.49. The molecule has 5 nitrogen and oxygen atoms in total. The second kappa shape index (κ2) is 5.54. The summed E-state index contributed by atoms with van der Waals surface area (Å²) in [5.41, 5.74) is 6.22. The lowest BCUT2D eigenvalue weighted by Crippen LogP contribution is -2.39. The first-order valence-corrected chi connectivity index (χ1v) is 5.27. The van der Waals surface area contributed by atoms with Gasteiger partial charge in [0.05, 0.1) is 17.8 Å². The van der Waals surface area contributed by atoms with Crippen LogP contribution in [-0.2, 0) is 9.53 Å². The van der Waals surface area contributed by atoms with E-state index in [1.165, 1.54) is 32.2 Å². The van der Waals surface area contributed by atoms with Crippen molar-refractivity contribution in [2.45, 2.75) is 13.0 Å². The maximum atomic E-state index is 11.7. The van der Waals surface area contributed by atoms with Crippen LogP contribution in [0.25, 0.3) is 0 Å². The first-order chi connectivity index (χ1) is 7.95. The number of nitrogens with two attached hydrogens (primary N) is 1. The topological polar surface area (TPSA) is 81.4 Å². The molecule has 0 spiro atoms. The van der Waals surface area contributed by atoms with Crippen molar-refractivity contribution in [3.05, 3.63) is 28.8 Å². The number of amides is 1. The molecule has 3 N–H and O–H groups in total. The number of carbonyl (C=O) groups is 2. The predicted octanol–water partition coefficient (Wildman–Crippen LogP) is 1.21. The predicted molar refractivity (Wildman–Crippen MR) is 64.8 cm³/mol. The molecular formula is C11H13ClN2O3. The second-order valence-corrected chi connectivity index (χ2v) is 3.86. The Balaban J connectivity index is 2.76. The van der Waals surface area contributed by atoms with Crippen LogP contribution in [0.2, 0.25) is 5.02 Å². The van der Waals surface area contributed by atoms with Crippen molar-refractivity contribution in [1.29, 1.82) is 0 Å². The smallest absolute Gasteiger partial charge is 0.328 e. The van der Waals surface area contributed by atoms with Gasteiger partial charge in [-0.1, -0.05) is 11.6 Å². The fourth-order valence-corrected chi connectivity index (χ4v) is 1.32. The first kappa shape index (κ1) is 13.3. The molecule has 1 amide bonds. The first-order valence-electron chi connectivity index (χ1n) is 4.89. The molecule has 1 unspecified atom stereocenters. The number of rotatable bonds is 3. The molecule has 0 heterocycles. The maximum Gasteiger partial charge on any atom is 0.328 e. The molecule has 0 aliphatic heterocycles. The van der Waals surface area contributed by atoms with Crippen molar-refractivity contribution in [1.82, 2.24) is 5.32 Å². The Kier molecular flexibility index (Phi) is 4.34. The monoisotopic (exact) mass is 256 g/mol. The fourth-order valence-electron chi connectivity index (χ4n) is 1.20. The summed E-state index contributed by atoms with van der Waals surface area (Å²) in [5.74, 6) is -0.924. The van der Waals surface area contributed by atoms with E-state index < -0.39 is 17.9 Å². The Morgan fingerprint density at radius 1 is 1.47 bits per heavy atom. The summed E-state index contributed by atoms with van der Waals surface area (Å²) in [5, 5.41) is 2.86. The van der Waals surface area contributed by atoms with Crippen LogP contribution in [0.4, 0.5) is 5.69 Å². The minimum absolute atomic E-state index is 0.310. The Morgan fingerprint density at radius 2 is 2.12 bits per heavy atom. The number of anilines is 1. The number of benzene rings is 1. The van der Waals surface area contributed by atoms with Crippen molar-refractivity contribution in [2.24, 2.45) is 0 Å². The maximum absolute atomic E-state index is 11.7. The number of nitrogen functional groups attached to an aromatic ring is 1. The molecule has 0 radical (unpaired) electrons. The van der Waals surface area contributed by atoms with E-state index in [1.807, 2.05) is 0 Å². The second-order valence-electron chi connectivity index (χ2n) is 3.45. The quantitative estimate of drug-likeness (QED) is 0.629. The normalized spacial score (nSPS) is 11.7. The zero-order valence-electron chi connectivity index (χ0n) is 9.49. The Morgan fingerprint density at radius 3 is 2.65 bits per heavy atom. The van der Waals surface area contributed by atoms with Crippen LogP contribution in [0.15, 0.2) is 18.2 Å². The summed E-state index contributed by atoms with van der Waals surface area (Å²) in [6.07, 6.45) is 0. The largest absolute Gasteiger partial charge is 0.467 e. The lowest BCUT2D eigenvalue weighted by atomic mass is 10.2. The zero-order chi connectivity index (χ0) is 13.0. The van der Waals surface area contributed by atoms with Gasteiger partial charge in [0.2, 0.25) is 0 Å². The van der Waals surface area contributed by atoms with Crippen molar-refractivity contribution in [3.63, 3.8) is 0 Å². The van der Waals surface area contributed by atoms with E-state index >= 15 is 0 Å². The van der Waals surface area contributed by atoms with E-state index in [0.717, 1.165) is 0 Å². The van der Waals surface area contributed by atoms with Crippen LogP contribution in [0.5, 0.6) is 0 Å². The van der Waals surface area contributed by atoms with Gasteiger partial charge in [0.15, 0.2) is 0 Å². The number of ether oxygens (including phenoxy) is 1. The zero-order valence-corrected chi connectivity index (χ0v) is 10.2.